The van der Waals surface area contributed by atoms with Gasteiger partial charge in [-0.3, -0.25) is 4.72 Å². The Labute approximate surface area is 194 Å². The van der Waals surface area contributed by atoms with E-state index in [9.17, 15) is 8.42 Å². The highest BCUT2D eigenvalue weighted by molar-refractivity contribution is 14.1. The minimum atomic E-state index is -3.39. The molecule has 0 aliphatic carbocycles. The SMILES string of the molecule is COc1cc(NS(C)(=O)=O)ccc1Nc1c2ccc(I)cc2nc2c(OC)cccc12. The molecule has 2 N–H and O–H groups in total. The number of fused-ring (bicyclic) bond motifs is 2. The molecule has 9 heteroatoms. The maximum absolute atomic E-state index is 11.6. The number of pyridine rings is 1. The van der Waals surface area contributed by atoms with Crippen LogP contribution in [0.3, 0.4) is 0 Å². The van der Waals surface area contributed by atoms with E-state index in [-0.39, 0.29) is 0 Å². The lowest BCUT2D eigenvalue weighted by molar-refractivity contribution is 0.417. The summed E-state index contributed by atoms with van der Waals surface area (Å²) in [5.41, 5.74) is 3.55. The van der Waals surface area contributed by atoms with Gasteiger partial charge in [-0.1, -0.05) is 12.1 Å². The van der Waals surface area contributed by atoms with E-state index in [0.29, 0.717) is 22.9 Å². The smallest absolute Gasteiger partial charge is 0.229 e. The molecular formula is C22H20IN3O4S. The summed E-state index contributed by atoms with van der Waals surface area (Å²) in [6.07, 6.45) is 1.11. The predicted molar refractivity (Wildman–Crippen MR) is 133 cm³/mol. The molecule has 0 bridgehead atoms. The van der Waals surface area contributed by atoms with Crippen LogP contribution in [0.15, 0.2) is 54.6 Å². The summed E-state index contributed by atoms with van der Waals surface area (Å²) in [4.78, 5) is 4.83. The third kappa shape index (κ3) is 4.47. The molecule has 0 radical (unpaired) electrons. The molecule has 0 aliphatic heterocycles. The first kappa shape index (κ1) is 21.4. The van der Waals surface area contributed by atoms with E-state index in [1.54, 1.807) is 32.4 Å². The van der Waals surface area contributed by atoms with Crippen molar-refractivity contribution >= 4 is 71.5 Å². The molecular weight excluding hydrogens is 529 g/mol. The van der Waals surface area contributed by atoms with Gasteiger partial charge in [-0.15, -0.1) is 0 Å². The Morgan fingerprint density at radius 2 is 1.71 bits per heavy atom. The van der Waals surface area contributed by atoms with Gasteiger partial charge in [-0.05, 0) is 59.0 Å². The van der Waals surface area contributed by atoms with Crippen LogP contribution in [0.1, 0.15) is 0 Å². The molecule has 4 rings (SSSR count). The number of halogens is 1. The van der Waals surface area contributed by atoms with Crippen molar-refractivity contribution in [2.45, 2.75) is 0 Å². The van der Waals surface area contributed by atoms with Gasteiger partial charge in [0.05, 0.1) is 43.1 Å². The lowest BCUT2D eigenvalue weighted by atomic mass is 10.1. The van der Waals surface area contributed by atoms with E-state index in [1.807, 2.05) is 36.4 Å². The lowest BCUT2D eigenvalue weighted by Gasteiger charge is -2.17. The van der Waals surface area contributed by atoms with Crippen molar-refractivity contribution < 1.29 is 17.9 Å². The summed E-state index contributed by atoms with van der Waals surface area (Å²) in [5, 5.41) is 5.31. The first-order valence-corrected chi connectivity index (χ1v) is 12.2. The van der Waals surface area contributed by atoms with Crippen molar-refractivity contribution in [3.63, 3.8) is 0 Å². The Hall–Kier alpha value is -2.79. The second-order valence-corrected chi connectivity index (χ2v) is 9.91. The second-order valence-electron chi connectivity index (χ2n) is 6.92. The summed E-state index contributed by atoms with van der Waals surface area (Å²) in [6, 6.07) is 16.9. The predicted octanol–water partition coefficient (Wildman–Crippen LogP) is 5.12. The van der Waals surface area contributed by atoms with Gasteiger partial charge >= 0.3 is 0 Å². The zero-order chi connectivity index (χ0) is 22.2. The summed E-state index contributed by atoms with van der Waals surface area (Å²) >= 11 is 2.26. The van der Waals surface area contributed by atoms with Crippen molar-refractivity contribution in [1.29, 1.82) is 0 Å². The van der Waals surface area contributed by atoms with Crippen LogP contribution in [0.25, 0.3) is 21.8 Å². The monoisotopic (exact) mass is 549 g/mol. The van der Waals surface area contributed by atoms with Crippen LogP contribution in [-0.4, -0.2) is 33.9 Å². The molecule has 1 aromatic heterocycles. The second kappa shape index (κ2) is 8.39. The van der Waals surface area contributed by atoms with Gasteiger partial charge in [-0.2, -0.15) is 0 Å². The van der Waals surface area contributed by atoms with Crippen molar-refractivity contribution in [2.24, 2.45) is 0 Å². The number of anilines is 3. The minimum absolute atomic E-state index is 0.422. The third-order valence-electron chi connectivity index (χ3n) is 4.71. The molecule has 4 aromatic rings. The van der Waals surface area contributed by atoms with E-state index < -0.39 is 10.0 Å². The minimum Gasteiger partial charge on any atom is -0.494 e. The first-order chi connectivity index (χ1) is 14.8. The van der Waals surface area contributed by atoms with Crippen LogP contribution in [0.4, 0.5) is 17.1 Å². The summed E-state index contributed by atoms with van der Waals surface area (Å²) in [7, 11) is -0.228. The molecule has 0 aliphatic rings. The van der Waals surface area contributed by atoms with Crippen LogP contribution < -0.4 is 19.5 Å². The standard InChI is InChI=1S/C22H20IN3O4S/c1-29-19-6-4-5-16-21(15-9-7-13(23)11-18(15)25-22(16)19)24-17-10-8-14(12-20(17)30-2)26-31(3,27)28/h4-12,26H,1-3H3,(H,24,25). The number of benzene rings is 3. The Morgan fingerprint density at radius 1 is 0.935 bits per heavy atom. The van der Waals surface area contributed by atoms with Gasteiger partial charge in [0.1, 0.15) is 17.0 Å². The van der Waals surface area contributed by atoms with Crippen molar-refractivity contribution in [3.8, 4) is 11.5 Å². The lowest BCUT2D eigenvalue weighted by Crippen LogP contribution is -2.09. The highest BCUT2D eigenvalue weighted by Gasteiger charge is 2.15. The van der Waals surface area contributed by atoms with Gasteiger partial charge in [0.25, 0.3) is 0 Å². The van der Waals surface area contributed by atoms with Gasteiger partial charge in [-0.25, -0.2) is 13.4 Å². The van der Waals surface area contributed by atoms with Gasteiger partial charge in [0, 0.05) is 20.4 Å². The normalized spacial score (nSPS) is 11.5. The number of methoxy groups -OCH3 is 2. The molecule has 1 heterocycles. The molecule has 0 atom stereocenters. The average molecular weight is 549 g/mol. The molecule has 0 saturated heterocycles. The van der Waals surface area contributed by atoms with E-state index in [1.165, 1.54) is 0 Å². The molecule has 3 aromatic carbocycles. The molecule has 0 unspecified atom stereocenters. The Kier molecular flexibility index (Phi) is 5.80. The number of ether oxygens (including phenoxy) is 2. The number of sulfonamides is 1. The highest BCUT2D eigenvalue weighted by Crippen LogP contribution is 2.39. The highest BCUT2D eigenvalue weighted by atomic mass is 127. The maximum Gasteiger partial charge on any atom is 0.229 e. The number of hydrogen-bond acceptors (Lipinski definition) is 6. The molecule has 160 valence electrons. The molecule has 0 fully saturated rings. The number of aromatic nitrogens is 1. The maximum atomic E-state index is 11.6. The van der Waals surface area contributed by atoms with Crippen LogP contribution in [-0.2, 0) is 10.0 Å². The van der Waals surface area contributed by atoms with Crippen LogP contribution >= 0.6 is 22.6 Å². The molecule has 31 heavy (non-hydrogen) atoms. The van der Waals surface area contributed by atoms with E-state index in [4.69, 9.17) is 14.5 Å². The van der Waals surface area contributed by atoms with Crippen molar-refractivity contribution in [2.75, 3.05) is 30.5 Å². The van der Waals surface area contributed by atoms with Crippen LogP contribution in [0, 0.1) is 3.57 Å². The van der Waals surface area contributed by atoms with Gasteiger partial charge in [0.15, 0.2) is 0 Å². The van der Waals surface area contributed by atoms with E-state index >= 15 is 0 Å². The fourth-order valence-electron chi connectivity index (χ4n) is 3.42. The Morgan fingerprint density at radius 3 is 2.42 bits per heavy atom. The zero-order valence-electron chi connectivity index (χ0n) is 17.1. The number of hydrogen-bond donors (Lipinski definition) is 2. The van der Waals surface area contributed by atoms with Gasteiger partial charge in [0.2, 0.25) is 10.0 Å². The van der Waals surface area contributed by atoms with Crippen LogP contribution in [0.2, 0.25) is 0 Å². The third-order valence-corrected chi connectivity index (χ3v) is 5.99. The number of para-hydroxylation sites is 1. The Balaban J connectivity index is 1.91. The fourth-order valence-corrected chi connectivity index (χ4v) is 4.45. The van der Waals surface area contributed by atoms with E-state index in [2.05, 4.69) is 32.6 Å². The number of rotatable bonds is 6. The average Bonchev–Trinajstić information content (AvgIpc) is 2.72. The first-order valence-electron chi connectivity index (χ1n) is 9.28. The van der Waals surface area contributed by atoms with Gasteiger partial charge < -0.3 is 14.8 Å². The fraction of sp³-hybridized carbons (Fsp3) is 0.136. The largest absolute Gasteiger partial charge is 0.494 e. The number of nitrogens with zero attached hydrogens (tertiary/aromatic N) is 1. The Bertz CT molecular complexity index is 1410. The molecule has 7 nitrogen and oxygen atoms in total. The van der Waals surface area contributed by atoms with Crippen molar-refractivity contribution in [3.05, 3.63) is 58.2 Å². The summed E-state index contributed by atoms with van der Waals surface area (Å²) in [6.45, 7) is 0. The zero-order valence-corrected chi connectivity index (χ0v) is 20.0. The summed E-state index contributed by atoms with van der Waals surface area (Å²) in [5.74, 6) is 1.18. The topological polar surface area (TPSA) is 89.5 Å². The van der Waals surface area contributed by atoms with E-state index in [0.717, 1.165) is 37.3 Å². The molecule has 0 spiro atoms. The quantitative estimate of drug-likeness (QED) is 0.256. The molecule has 0 amide bonds. The number of nitrogens with one attached hydrogen (secondary N) is 2. The summed E-state index contributed by atoms with van der Waals surface area (Å²) < 4.78 is 37.7. The van der Waals surface area contributed by atoms with Crippen LogP contribution in [0.5, 0.6) is 11.5 Å². The molecule has 0 saturated carbocycles. The van der Waals surface area contributed by atoms with Crippen molar-refractivity contribution in [1.82, 2.24) is 4.98 Å².